The molecule has 0 bridgehead atoms. The summed E-state index contributed by atoms with van der Waals surface area (Å²) in [5.74, 6) is 0.942. The first-order chi connectivity index (χ1) is 13.6. The minimum absolute atomic E-state index is 0.381. The largest absolute Gasteiger partial charge is 0.383 e. The lowest BCUT2D eigenvalue weighted by molar-refractivity contribution is 0.128. The fourth-order valence-corrected chi connectivity index (χ4v) is 3.42. The van der Waals surface area contributed by atoms with Crippen molar-refractivity contribution in [2.45, 2.75) is 45.3 Å². The van der Waals surface area contributed by atoms with Crippen LogP contribution in [0.3, 0.4) is 0 Å². The van der Waals surface area contributed by atoms with E-state index in [1.807, 2.05) is 0 Å². The number of rotatable bonds is 10. The molecule has 2 N–H and O–H groups in total. The van der Waals surface area contributed by atoms with Crippen LogP contribution in [0.1, 0.15) is 32.3 Å². The SMILES string of the molecule is CCNC(=NCC(C)N(C)Cc1ccccc1)NC1CCN(CCOC)CC1. The molecule has 0 aliphatic carbocycles. The summed E-state index contributed by atoms with van der Waals surface area (Å²) in [6, 6.07) is 11.5. The normalized spacial score (nSPS) is 17.7. The summed E-state index contributed by atoms with van der Waals surface area (Å²) < 4.78 is 5.19. The van der Waals surface area contributed by atoms with Crippen molar-refractivity contribution in [2.24, 2.45) is 4.99 Å². The molecule has 0 radical (unpaired) electrons. The zero-order valence-electron chi connectivity index (χ0n) is 18.2. The van der Waals surface area contributed by atoms with Crippen LogP contribution in [-0.2, 0) is 11.3 Å². The third kappa shape index (κ3) is 8.17. The molecule has 1 aromatic carbocycles. The molecule has 28 heavy (non-hydrogen) atoms. The first-order valence-electron chi connectivity index (χ1n) is 10.6. The lowest BCUT2D eigenvalue weighted by atomic mass is 10.1. The number of hydrogen-bond acceptors (Lipinski definition) is 4. The van der Waals surface area contributed by atoms with Crippen LogP contribution in [0, 0.1) is 0 Å². The number of likely N-dealkylation sites (tertiary alicyclic amines) is 1. The molecule has 1 aromatic rings. The van der Waals surface area contributed by atoms with E-state index in [0.717, 1.165) is 64.7 Å². The summed E-state index contributed by atoms with van der Waals surface area (Å²) in [6.07, 6.45) is 2.30. The number of methoxy groups -OCH3 is 1. The molecule has 158 valence electrons. The number of guanidine groups is 1. The predicted octanol–water partition coefficient (Wildman–Crippen LogP) is 2.17. The van der Waals surface area contributed by atoms with Crippen molar-refractivity contribution in [3.8, 4) is 0 Å². The van der Waals surface area contributed by atoms with Crippen molar-refractivity contribution in [3.05, 3.63) is 35.9 Å². The van der Waals surface area contributed by atoms with E-state index in [1.165, 1.54) is 5.56 Å². The second-order valence-corrected chi connectivity index (χ2v) is 7.72. The van der Waals surface area contributed by atoms with Crippen LogP contribution in [0.5, 0.6) is 0 Å². The third-order valence-electron chi connectivity index (χ3n) is 5.43. The van der Waals surface area contributed by atoms with Gasteiger partial charge in [-0.05, 0) is 39.3 Å². The van der Waals surface area contributed by atoms with Gasteiger partial charge in [0.15, 0.2) is 5.96 Å². The Hall–Kier alpha value is -1.63. The zero-order valence-corrected chi connectivity index (χ0v) is 18.2. The Bertz CT molecular complexity index is 557. The van der Waals surface area contributed by atoms with E-state index in [4.69, 9.17) is 9.73 Å². The van der Waals surface area contributed by atoms with Crippen LogP contribution in [0.4, 0.5) is 0 Å². The first-order valence-corrected chi connectivity index (χ1v) is 10.6. The van der Waals surface area contributed by atoms with E-state index in [0.29, 0.717) is 12.1 Å². The molecular formula is C22H39N5O. The van der Waals surface area contributed by atoms with Gasteiger partial charge in [0.25, 0.3) is 0 Å². The van der Waals surface area contributed by atoms with Crippen LogP contribution in [0.2, 0.25) is 0 Å². The van der Waals surface area contributed by atoms with Gasteiger partial charge in [0.05, 0.1) is 13.2 Å². The fraction of sp³-hybridized carbons (Fsp3) is 0.682. The summed E-state index contributed by atoms with van der Waals surface area (Å²) in [7, 11) is 3.94. The number of nitrogens with zero attached hydrogens (tertiary/aromatic N) is 3. The quantitative estimate of drug-likeness (QED) is 0.474. The maximum atomic E-state index is 5.19. The summed E-state index contributed by atoms with van der Waals surface area (Å²) >= 11 is 0. The van der Waals surface area contributed by atoms with Crippen molar-refractivity contribution in [2.75, 3.05) is 53.5 Å². The maximum Gasteiger partial charge on any atom is 0.191 e. The monoisotopic (exact) mass is 389 g/mol. The van der Waals surface area contributed by atoms with E-state index < -0.39 is 0 Å². The third-order valence-corrected chi connectivity index (χ3v) is 5.43. The Labute approximate surface area is 171 Å². The molecule has 1 aliphatic rings. The Morgan fingerprint density at radius 2 is 2.00 bits per heavy atom. The van der Waals surface area contributed by atoms with Crippen LogP contribution < -0.4 is 10.6 Å². The number of benzene rings is 1. The van der Waals surface area contributed by atoms with E-state index in [-0.39, 0.29) is 0 Å². The highest BCUT2D eigenvalue weighted by atomic mass is 16.5. The average molecular weight is 390 g/mol. The summed E-state index contributed by atoms with van der Waals surface area (Å²) in [5.41, 5.74) is 1.34. The molecular weight excluding hydrogens is 350 g/mol. The van der Waals surface area contributed by atoms with Gasteiger partial charge in [0.1, 0.15) is 0 Å². The lowest BCUT2D eigenvalue weighted by Gasteiger charge is -2.33. The minimum atomic E-state index is 0.381. The number of piperidine rings is 1. The summed E-state index contributed by atoms with van der Waals surface area (Å²) in [6.45, 7) is 11.1. The number of aliphatic imine (C=N–C) groups is 1. The van der Waals surface area contributed by atoms with Crippen molar-refractivity contribution < 1.29 is 4.74 Å². The second-order valence-electron chi connectivity index (χ2n) is 7.72. The van der Waals surface area contributed by atoms with Crippen molar-refractivity contribution in [3.63, 3.8) is 0 Å². The lowest BCUT2D eigenvalue weighted by Crippen LogP contribution is -2.49. The van der Waals surface area contributed by atoms with E-state index >= 15 is 0 Å². The Morgan fingerprint density at radius 1 is 1.29 bits per heavy atom. The maximum absolute atomic E-state index is 5.19. The molecule has 1 aliphatic heterocycles. The van der Waals surface area contributed by atoms with Gasteiger partial charge < -0.3 is 20.3 Å². The van der Waals surface area contributed by atoms with E-state index in [9.17, 15) is 0 Å². The topological polar surface area (TPSA) is 52.1 Å². The van der Waals surface area contributed by atoms with Crippen LogP contribution >= 0.6 is 0 Å². The molecule has 0 amide bonds. The van der Waals surface area contributed by atoms with Gasteiger partial charge in [0, 0.05) is 51.9 Å². The number of ether oxygens (including phenoxy) is 1. The smallest absolute Gasteiger partial charge is 0.191 e. The number of likely N-dealkylation sites (N-methyl/N-ethyl adjacent to an activating group) is 1. The molecule has 0 spiro atoms. The number of hydrogen-bond donors (Lipinski definition) is 2. The second kappa shape index (κ2) is 12.8. The van der Waals surface area contributed by atoms with Crippen LogP contribution in [0.15, 0.2) is 35.3 Å². The Morgan fingerprint density at radius 3 is 2.64 bits per heavy atom. The van der Waals surface area contributed by atoms with Gasteiger partial charge in [-0.3, -0.25) is 9.89 Å². The molecule has 1 unspecified atom stereocenters. The highest BCUT2D eigenvalue weighted by Crippen LogP contribution is 2.10. The molecule has 1 heterocycles. The average Bonchev–Trinajstić information content (AvgIpc) is 2.72. The molecule has 0 saturated carbocycles. The minimum Gasteiger partial charge on any atom is -0.383 e. The fourth-order valence-electron chi connectivity index (χ4n) is 3.42. The molecule has 2 rings (SSSR count). The van der Waals surface area contributed by atoms with Crippen LogP contribution in [-0.4, -0.2) is 81.3 Å². The van der Waals surface area contributed by atoms with Crippen molar-refractivity contribution in [1.82, 2.24) is 20.4 Å². The van der Waals surface area contributed by atoms with Gasteiger partial charge in [-0.15, -0.1) is 0 Å². The van der Waals surface area contributed by atoms with Crippen LogP contribution in [0.25, 0.3) is 0 Å². The van der Waals surface area contributed by atoms with Gasteiger partial charge in [-0.25, -0.2) is 0 Å². The van der Waals surface area contributed by atoms with E-state index in [1.54, 1.807) is 7.11 Å². The molecule has 1 saturated heterocycles. The highest BCUT2D eigenvalue weighted by molar-refractivity contribution is 5.80. The molecule has 6 nitrogen and oxygen atoms in total. The van der Waals surface area contributed by atoms with Crippen molar-refractivity contribution >= 4 is 5.96 Å². The Kier molecular flexibility index (Phi) is 10.3. The van der Waals surface area contributed by atoms with Gasteiger partial charge in [0.2, 0.25) is 0 Å². The van der Waals surface area contributed by atoms with Crippen molar-refractivity contribution in [1.29, 1.82) is 0 Å². The predicted molar refractivity (Wildman–Crippen MR) is 118 cm³/mol. The number of nitrogens with one attached hydrogen (secondary N) is 2. The standard InChI is InChI=1S/C22H39N5O/c1-5-23-22(25-21-11-13-27(14-12-21)15-16-28-4)24-17-19(2)26(3)18-20-9-7-6-8-10-20/h6-10,19,21H,5,11-18H2,1-4H3,(H2,23,24,25). The van der Waals surface area contributed by atoms with Gasteiger partial charge in [-0.2, -0.15) is 0 Å². The molecule has 1 fully saturated rings. The van der Waals surface area contributed by atoms with Gasteiger partial charge in [-0.1, -0.05) is 30.3 Å². The first kappa shape index (κ1) is 22.7. The van der Waals surface area contributed by atoms with Gasteiger partial charge >= 0.3 is 0 Å². The molecule has 0 aromatic heterocycles. The molecule has 1 atom stereocenters. The molecule has 6 heteroatoms. The summed E-state index contributed by atoms with van der Waals surface area (Å²) in [4.78, 5) is 9.69. The van der Waals surface area contributed by atoms with E-state index in [2.05, 4.69) is 71.7 Å². The Balaban J connectivity index is 1.79. The zero-order chi connectivity index (χ0) is 20.2. The summed E-state index contributed by atoms with van der Waals surface area (Å²) in [5, 5.41) is 7.05. The highest BCUT2D eigenvalue weighted by Gasteiger charge is 2.19.